The molecule has 1 heterocycles. The minimum atomic E-state index is -3.83. The molecule has 2 N–H and O–H groups in total. The van der Waals surface area contributed by atoms with Crippen molar-refractivity contribution in [1.82, 2.24) is 8.61 Å². The van der Waals surface area contributed by atoms with Crippen LogP contribution in [0.4, 0.5) is 0 Å². The number of hydrogen-bond acceptors (Lipinski definition) is 4. The quantitative estimate of drug-likeness (QED) is 0.706. The van der Waals surface area contributed by atoms with Crippen LogP contribution in [0.25, 0.3) is 0 Å². The number of rotatable bonds is 5. The summed E-state index contributed by atoms with van der Waals surface area (Å²) in [6.07, 6.45) is 0.906. The largest absolute Gasteiger partial charge is 0.480 e. The standard InChI is InChI=1S/C10H20N2O5S/c1-8(13)7-11(2)18(16,17)12-6-4-3-5-9(12)10(14)15/h8-9,13H,3-7H2,1-2H3,(H,14,15). The molecule has 1 aliphatic heterocycles. The van der Waals surface area contributed by atoms with Gasteiger partial charge in [-0.3, -0.25) is 4.79 Å². The summed E-state index contributed by atoms with van der Waals surface area (Å²) in [6.45, 7) is 1.64. The van der Waals surface area contributed by atoms with Gasteiger partial charge in [0.15, 0.2) is 0 Å². The number of nitrogens with zero attached hydrogens (tertiary/aromatic N) is 2. The van der Waals surface area contributed by atoms with Crippen molar-refractivity contribution in [3.8, 4) is 0 Å². The fraction of sp³-hybridized carbons (Fsp3) is 0.900. The second kappa shape index (κ2) is 5.96. The van der Waals surface area contributed by atoms with E-state index < -0.39 is 28.3 Å². The molecule has 2 unspecified atom stereocenters. The molecule has 0 aromatic carbocycles. The van der Waals surface area contributed by atoms with E-state index in [2.05, 4.69) is 0 Å². The fourth-order valence-corrected chi connectivity index (χ4v) is 3.71. The number of likely N-dealkylation sites (N-methyl/N-ethyl adjacent to an activating group) is 1. The molecule has 0 aliphatic carbocycles. The number of aliphatic hydroxyl groups is 1. The maximum atomic E-state index is 12.2. The van der Waals surface area contributed by atoms with E-state index in [-0.39, 0.29) is 13.1 Å². The number of carbonyl (C=O) groups is 1. The van der Waals surface area contributed by atoms with Crippen LogP contribution >= 0.6 is 0 Å². The molecule has 0 bridgehead atoms. The molecule has 1 rings (SSSR count). The van der Waals surface area contributed by atoms with Gasteiger partial charge in [0.25, 0.3) is 10.2 Å². The molecule has 1 fully saturated rings. The molecular formula is C10H20N2O5S. The lowest BCUT2D eigenvalue weighted by atomic mass is 10.1. The van der Waals surface area contributed by atoms with Crippen LogP contribution in [0.1, 0.15) is 26.2 Å². The number of hydrogen-bond donors (Lipinski definition) is 2. The molecule has 1 saturated heterocycles. The first-order valence-electron chi connectivity index (χ1n) is 5.90. The Morgan fingerprint density at radius 1 is 1.50 bits per heavy atom. The summed E-state index contributed by atoms with van der Waals surface area (Å²) < 4.78 is 26.4. The Kier molecular flexibility index (Phi) is 5.09. The molecule has 0 amide bonds. The first kappa shape index (κ1) is 15.4. The van der Waals surface area contributed by atoms with E-state index in [4.69, 9.17) is 5.11 Å². The average Bonchev–Trinajstić information content (AvgIpc) is 2.28. The third-order valence-electron chi connectivity index (χ3n) is 2.95. The van der Waals surface area contributed by atoms with Gasteiger partial charge in [-0.25, -0.2) is 0 Å². The second-order valence-corrected chi connectivity index (χ2v) is 6.59. The van der Waals surface area contributed by atoms with E-state index in [1.54, 1.807) is 0 Å². The van der Waals surface area contributed by atoms with Gasteiger partial charge in [-0.1, -0.05) is 0 Å². The molecule has 0 aromatic heterocycles. The van der Waals surface area contributed by atoms with Gasteiger partial charge in [-0.05, 0) is 26.2 Å². The van der Waals surface area contributed by atoms with Crippen LogP contribution in [0, 0.1) is 0 Å². The Morgan fingerprint density at radius 2 is 2.11 bits per heavy atom. The van der Waals surface area contributed by atoms with Crippen molar-refractivity contribution in [1.29, 1.82) is 0 Å². The molecule has 18 heavy (non-hydrogen) atoms. The zero-order valence-corrected chi connectivity index (χ0v) is 11.4. The van der Waals surface area contributed by atoms with Crippen LogP contribution in [0.2, 0.25) is 0 Å². The van der Waals surface area contributed by atoms with Gasteiger partial charge in [0.05, 0.1) is 6.10 Å². The van der Waals surface area contributed by atoms with Crippen LogP contribution in [0.5, 0.6) is 0 Å². The van der Waals surface area contributed by atoms with Crippen LogP contribution in [0.3, 0.4) is 0 Å². The summed E-state index contributed by atoms with van der Waals surface area (Å²) in [4.78, 5) is 11.1. The monoisotopic (exact) mass is 280 g/mol. The van der Waals surface area contributed by atoms with Crippen molar-refractivity contribution in [3.63, 3.8) is 0 Å². The Balaban J connectivity index is 2.90. The second-order valence-electron chi connectivity index (χ2n) is 4.60. The van der Waals surface area contributed by atoms with Crippen LogP contribution in [0.15, 0.2) is 0 Å². The first-order valence-corrected chi connectivity index (χ1v) is 7.30. The van der Waals surface area contributed by atoms with Crippen LogP contribution in [-0.2, 0) is 15.0 Å². The third-order valence-corrected chi connectivity index (χ3v) is 4.92. The predicted octanol–water partition coefficient (Wildman–Crippen LogP) is -0.517. The van der Waals surface area contributed by atoms with Crippen LogP contribution < -0.4 is 0 Å². The molecule has 106 valence electrons. The lowest BCUT2D eigenvalue weighted by molar-refractivity contribution is -0.142. The molecule has 2 atom stereocenters. The highest BCUT2D eigenvalue weighted by Gasteiger charge is 2.38. The molecule has 0 spiro atoms. The lowest BCUT2D eigenvalue weighted by Gasteiger charge is -2.34. The first-order chi connectivity index (χ1) is 8.26. The zero-order valence-electron chi connectivity index (χ0n) is 10.6. The molecule has 1 aliphatic rings. The Bertz CT molecular complexity index is 395. The highest BCUT2D eigenvalue weighted by Crippen LogP contribution is 2.22. The maximum Gasteiger partial charge on any atom is 0.322 e. The Hall–Kier alpha value is -0.700. The van der Waals surface area contributed by atoms with Crippen molar-refractivity contribution < 1.29 is 23.4 Å². The maximum absolute atomic E-state index is 12.2. The predicted molar refractivity (Wildman–Crippen MR) is 65.2 cm³/mol. The van der Waals surface area contributed by atoms with Gasteiger partial charge < -0.3 is 10.2 Å². The lowest BCUT2D eigenvalue weighted by Crippen LogP contribution is -2.53. The van der Waals surface area contributed by atoms with Gasteiger partial charge in [0, 0.05) is 20.1 Å². The number of aliphatic hydroxyl groups excluding tert-OH is 1. The van der Waals surface area contributed by atoms with E-state index in [1.165, 1.54) is 14.0 Å². The summed E-state index contributed by atoms with van der Waals surface area (Å²) in [5.41, 5.74) is 0. The highest BCUT2D eigenvalue weighted by molar-refractivity contribution is 7.86. The number of carboxylic acids is 1. The summed E-state index contributed by atoms with van der Waals surface area (Å²) >= 11 is 0. The normalized spacial score (nSPS) is 24.1. The third kappa shape index (κ3) is 3.41. The molecule has 0 radical (unpaired) electrons. The summed E-state index contributed by atoms with van der Waals surface area (Å²) in [5.74, 6) is -1.12. The highest BCUT2D eigenvalue weighted by atomic mass is 32.2. The molecular weight excluding hydrogens is 260 g/mol. The number of piperidine rings is 1. The minimum absolute atomic E-state index is 0.0504. The van der Waals surface area contributed by atoms with Crippen molar-refractivity contribution >= 4 is 16.2 Å². The van der Waals surface area contributed by atoms with Crippen molar-refractivity contribution in [3.05, 3.63) is 0 Å². The summed E-state index contributed by atoms with van der Waals surface area (Å²) in [6, 6.07) is -1.000. The summed E-state index contributed by atoms with van der Waals surface area (Å²) in [7, 11) is -2.48. The Morgan fingerprint density at radius 3 is 2.61 bits per heavy atom. The van der Waals surface area contributed by atoms with E-state index >= 15 is 0 Å². The Labute approximate surface area is 107 Å². The number of aliphatic carboxylic acids is 1. The van der Waals surface area contributed by atoms with E-state index in [0.717, 1.165) is 8.61 Å². The molecule has 0 aromatic rings. The SMILES string of the molecule is CC(O)CN(C)S(=O)(=O)N1CCCCC1C(=O)O. The van der Waals surface area contributed by atoms with Crippen molar-refractivity contribution in [2.24, 2.45) is 0 Å². The van der Waals surface area contributed by atoms with E-state index in [1.807, 2.05) is 0 Å². The van der Waals surface area contributed by atoms with Crippen LogP contribution in [-0.4, -0.2) is 65.5 Å². The van der Waals surface area contributed by atoms with E-state index in [0.29, 0.717) is 19.3 Å². The van der Waals surface area contributed by atoms with Gasteiger partial charge in [0.1, 0.15) is 6.04 Å². The molecule has 8 heteroatoms. The van der Waals surface area contributed by atoms with Crippen molar-refractivity contribution in [2.45, 2.75) is 38.3 Å². The van der Waals surface area contributed by atoms with E-state index in [9.17, 15) is 18.3 Å². The van der Waals surface area contributed by atoms with Gasteiger partial charge >= 0.3 is 5.97 Å². The summed E-state index contributed by atoms with van der Waals surface area (Å²) in [5, 5.41) is 18.3. The van der Waals surface area contributed by atoms with Gasteiger partial charge in [-0.2, -0.15) is 17.0 Å². The molecule has 7 nitrogen and oxygen atoms in total. The zero-order chi connectivity index (χ0) is 13.9. The van der Waals surface area contributed by atoms with Gasteiger partial charge in [-0.15, -0.1) is 0 Å². The average molecular weight is 280 g/mol. The minimum Gasteiger partial charge on any atom is -0.480 e. The smallest absolute Gasteiger partial charge is 0.322 e. The topological polar surface area (TPSA) is 98.2 Å². The van der Waals surface area contributed by atoms with Gasteiger partial charge in [0.2, 0.25) is 0 Å². The molecule has 0 saturated carbocycles. The number of carboxylic acid groups (broad SMARTS) is 1. The fourth-order valence-electron chi connectivity index (χ4n) is 2.07. The van der Waals surface area contributed by atoms with Crippen molar-refractivity contribution in [2.75, 3.05) is 20.1 Å².